The molecule has 7 heteroatoms. The first-order valence-electron chi connectivity index (χ1n) is 9.63. The number of rotatable bonds is 5. The van der Waals surface area contributed by atoms with Gasteiger partial charge < -0.3 is 15.1 Å². The number of hydrogen-bond donors (Lipinski definition) is 1. The number of amides is 1. The third kappa shape index (κ3) is 6.01. The van der Waals surface area contributed by atoms with Crippen LogP contribution in [0.25, 0.3) is 0 Å². The number of halogens is 1. The molecule has 1 unspecified atom stereocenters. The summed E-state index contributed by atoms with van der Waals surface area (Å²) in [5.74, 6) is 2.39. The van der Waals surface area contributed by atoms with E-state index in [1.54, 1.807) is 0 Å². The molecule has 2 aliphatic heterocycles. The molecule has 1 fully saturated rings. The molecule has 27 heavy (non-hydrogen) atoms. The van der Waals surface area contributed by atoms with Gasteiger partial charge in [-0.2, -0.15) is 11.8 Å². The first kappa shape index (κ1) is 22.3. The van der Waals surface area contributed by atoms with Crippen LogP contribution < -0.4 is 5.32 Å². The van der Waals surface area contributed by atoms with Crippen molar-refractivity contribution in [3.05, 3.63) is 35.4 Å². The minimum Gasteiger partial charge on any atom is -0.356 e. The number of benzene rings is 1. The lowest BCUT2D eigenvalue weighted by molar-refractivity contribution is -0.131. The van der Waals surface area contributed by atoms with E-state index in [1.807, 2.05) is 24.1 Å². The summed E-state index contributed by atoms with van der Waals surface area (Å²) in [6.07, 6.45) is 2.63. The fraction of sp³-hybridized carbons (Fsp3) is 0.600. The molecule has 0 bridgehead atoms. The van der Waals surface area contributed by atoms with Crippen molar-refractivity contribution in [1.82, 2.24) is 15.1 Å². The zero-order chi connectivity index (χ0) is 18.4. The van der Waals surface area contributed by atoms with Crippen LogP contribution in [0.1, 0.15) is 37.3 Å². The quantitative estimate of drug-likeness (QED) is 0.291. The molecule has 0 radical (unpaired) electrons. The van der Waals surface area contributed by atoms with Gasteiger partial charge in [0.2, 0.25) is 5.91 Å². The maximum atomic E-state index is 12.5. The van der Waals surface area contributed by atoms with E-state index in [0.717, 1.165) is 50.9 Å². The molecule has 1 amide bonds. The SMILES string of the molecule is CCC1CN(C(=NC)NCCCC(=O)N2Cc3ccccc3C2)CCS1.I. The van der Waals surface area contributed by atoms with Gasteiger partial charge in [0.15, 0.2) is 5.96 Å². The van der Waals surface area contributed by atoms with Crippen molar-refractivity contribution < 1.29 is 4.79 Å². The van der Waals surface area contributed by atoms with Crippen LogP contribution in [-0.4, -0.2) is 59.4 Å². The number of carbonyl (C=O) groups is 1. The fourth-order valence-corrected chi connectivity index (χ4v) is 4.78. The number of thioether (sulfide) groups is 1. The van der Waals surface area contributed by atoms with Crippen LogP contribution in [0.4, 0.5) is 0 Å². The molecule has 0 saturated carbocycles. The number of nitrogens with zero attached hydrogens (tertiary/aromatic N) is 3. The lowest BCUT2D eigenvalue weighted by atomic mass is 10.1. The third-order valence-corrected chi connectivity index (χ3v) is 6.52. The van der Waals surface area contributed by atoms with Gasteiger partial charge in [0, 0.05) is 57.2 Å². The summed E-state index contributed by atoms with van der Waals surface area (Å²) in [5.41, 5.74) is 2.57. The van der Waals surface area contributed by atoms with Crippen LogP contribution in [-0.2, 0) is 17.9 Å². The highest BCUT2D eigenvalue weighted by molar-refractivity contribution is 14.0. The number of nitrogens with one attached hydrogen (secondary N) is 1. The Balaban J connectivity index is 0.00000261. The maximum Gasteiger partial charge on any atom is 0.223 e. The number of guanidine groups is 1. The lowest BCUT2D eigenvalue weighted by Crippen LogP contribution is -2.48. The van der Waals surface area contributed by atoms with Crippen LogP contribution in [0, 0.1) is 0 Å². The van der Waals surface area contributed by atoms with E-state index in [4.69, 9.17) is 0 Å². The van der Waals surface area contributed by atoms with Crippen LogP contribution in [0.15, 0.2) is 29.3 Å². The molecule has 5 nitrogen and oxygen atoms in total. The average molecular weight is 502 g/mol. The first-order valence-corrected chi connectivity index (χ1v) is 10.7. The monoisotopic (exact) mass is 502 g/mol. The molecule has 1 aromatic carbocycles. The van der Waals surface area contributed by atoms with Gasteiger partial charge in [-0.05, 0) is 24.0 Å². The lowest BCUT2D eigenvalue weighted by Gasteiger charge is -2.34. The number of fused-ring (bicyclic) bond motifs is 1. The predicted octanol–water partition coefficient (Wildman–Crippen LogP) is 3.33. The van der Waals surface area contributed by atoms with Gasteiger partial charge >= 0.3 is 0 Å². The molecule has 1 aromatic rings. The zero-order valence-corrected chi connectivity index (χ0v) is 19.5. The van der Waals surface area contributed by atoms with Gasteiger partial charge in [-0.15, -0.1) is 24.0 Å². The minimum atomic E-state index is 0. The van der Waals surface area contributed by atoms with E-state index in [2.05, 4.69) is 46.0 Å². The second kappa shape index (κ2) is 11.1. The van der Waals surface area contributed by atoms with Crippen molar-refractivity contribution in [2.75, 3.05) is 32.4 Å². The van der Waals surface area contributed by atoms with E-state index in [9.17, 15) is 4.79 Å². The molecule has 3 rings (SSSR count). The largest absolute Gasteiger partial charge is 0.356 e. The molecule has 1 atom stereocenters. The highest BCUT2D eigenvalue weighted by atomic mass is 127. The van der Waals surface area contributed by atoms with Gasteiger partial charge in [-0.25, -0.2) is 0 Å². The summed E-state index contributed by atoms with van der Waals surface area (Å²) in [5, 5.41) is 4.14. The van der Waals surface area contributed by atoms with Crippen LogP contribution >= 0.6 is 35.7 Å². The summed E-state index contributed by atoms with van der Waals surface area (Å²) < 4.78 is 0. The molecule has 1 saturated heterocycles. The average Bonchev–Trinajstić information content (AvgIpc) is 3.12. The van der Waals surface area contributed by atoms with Crippen molar-refractivity contribution in [2.45, 2.75) is 44.5 Å². The van der Waals surface area contributed by atoms with Crippen molar-refractivity contribution in [2.24, 2.45) is 4.99 Å². The van der Waals surface area contributed by atoms with Crippen LogP contribution in [0.5, 0.6) is 0 Å². The van der Waals surface area contributed by atoms with Crippen LogP contribution in [0.3, 0.4) is 0 Å². The Kier molecular flexibility index (Phi) is 9.21. The Bertz CT molecular complexity index is 630. The van der Waals surface area contributed by atoms with E-state index >= 15 is 0 Å². The molecular weight excluding hydrogens is 471 g/mol. The molecular formula is C20H31IN4OS. The Morgan fingerprint density at radius 3 is 2.59 bits per heavy atom. The molecule has 0 aliphatic carbocycles. The van der Waals surface area contributed by atoms with Crippen molar-refractivity contribution in [1.29, 1.82) is 0 Å². The Hall–Kier alpha value is -0.960. The normalized spacial score (nSPS) is 19.5. The van der Waals surface area contributed by atoms with Crippen molar-refractivity contribution in [3.63, 3.8) is 0 Å². The van der Waals surface area contributed by atoms with Gasteiger partial charge in [0.25, 0.3) is 0 Å². The summed E-state index contributed by atoms with van der Waals surface area (Å²) in [6, 6.07) is 8.33. The van der Waals surface area contributed by atoms with Gasteiger partial charge in [-0.3, -0.25) is 9.79 Å². The Morgan fingerprint density at radius 2 is 1.96 bits per heavy atom. The topological polar surface area (TPSA) is 47.9 Å². The van der Waals surface area contributed by atoms with E-state index < -0.39 is 0 Å². The standard InChI is InChI=1S/C20H30N4OS.HI/c1-3-18-15-23(11-12-26-18)20(21-2)22-10-6-9-19(25)24-13-16-7-4-5-8-17(16)14-24;/h4-5,7-8,18H,3,6,9-15H2,1-2H3,(H,21,22);1H. The summed E-state index contributed by atoms with van der Waals surface area (Å²) in [7, 11) is 1.84. The molecule has 1 N–H and O–H groups in total. The number of hydrogen-bond acceptors (Lipinski definition) is 3. The summed E-state index contributed by atoms with van der Waals surface area (Å²) in [4.78, 5) is 21.2. The van der Waals surface area contributed by atoms with Gasteiger partial charge in [0.05, 0.1) is 0 Å². The zero-order valence-electron chi connectivity index (χ0n) is 16.3. The molecule has 0 spiro atoms. The molecule has 2 heterocycles. The third-order valence-electron chi connectivity index (χ3n) is 5.15. The van der Waals surface area contributed by atoms with Crippen molar-refractivity contribution in [3.8, 4) is 0 Å². The van der Waals surface area contributed by atoms with E-state index in [-0.39, 0.29) is 29.9 Å². The molecule has 2 aliphatic rings. The highest BCUT2D eigenvalue weighted by Gasteiger charge is 2.23. The second-order valence-corrected chi connectivity index (χ2v) is 8.35. The van der Waals surface area contributed by atoms with Gasteiger partial charge in [0.1, 0.15) is 0 Å². The Morgan fingerprint density at radius 1 is 1.26 bits per heavy atom. The first-order chi connectivity index (χ1) is 12.7. The van der Waals surface area contributed by atoms with E-state index in [1.165, 1.54) is 17.5 Å². The second-order valence-electron chi connectivity index (χ2n) is 6.94. The Labute approximate surface area is 184 Å². The molecule has 0 aromatic heterocycles. The fourth-order valence-electron chi connectivity index (χ4n) is 3.60. The highest BCUT2D eigenvalue weighted by Crippen LogP contribution is 2.23. The maximum absolute atomic E-state index is 12.5. The smallest absolute Gasteiger partial charge is 0.223 e. The van der Waals surface area contributed by atoms with Crippen molar-refractivity contribution >= 4 is 47.6 Å². The van der Waals surface area contributed by atoms with Gasteiger partial charge in [-0.1, -0.05) is 31.2 Å². The van der Waals surface area contributed by atoms with E-state index in [0.29, 0.717) is 11.7 Å². The number of aliphatic imine (C=N–C) groups is 1. The predicted molar refractivity (Wildman–Crippen MR) is 125 cm³/mol. The minimum absolute atomic E-state index is 0. The van der Waals surface area contributed by atoms with Crippen LogP contribution in [0.2, 0.25) is 0 Å². The number of carbonyl (C=O) groups excluding carboxylic acids is 1. The molecule has 150 valence electrons. The summed E-state index contributed by atoms with van der Waals surface area (Å²) >= 11 is 2.06. The summed E-state index contributed by atoms with van der Waals surface area (Å²) in [6.45, 7) is 6.67.